The summed E-state index contributed by atoms with van der Waals surface area (Å²) in [7, 11) is 0. The molecule has 4 nitrogen and oxygen atoms in total. The van der Waals surface area contributed by atoms with Crippen LogP contribution in [-0.4, -0.2) is 39.0 Å². The smallest absolute Gasteiger partial charge is 0.266 e. The molecule has 0 atom stereocenters. The molecule has 0 radical (unpaired) electrons. The summed E-state index contributed by atoms with van der Waals surface area (Å²) in [6, 6.07) is 17.4. The summed E-state index contributed by atoms with van der Waals surface area (Å²) in [6.45, 7) is 3.93. The number of nitrogens with zero attached hydrogens (tertiary/aromatic N) is 2. The minimum Gasteiger partial charge on any atom is -0.339 e. The van der Waals surface area contributed by atoms with Crippen molar-refractivity contribution >= 4 is 57.8 Å². The van der Waals surface area contributed by atoms with Crippen LogP contribution in [0.25, 0.3) is 6.08 Å². The second-order valence-corrected chi connectivity index (χ2v) is 9.70. The number of halogens is 1. The number of carbonyl (C=O) groups excluding carboxylic acids is 2. The molecule has 0 aliphatic carbocycles. The number of hydrogen-bond donors (Lipinski definition) is 0. The van der Waals surface area contributed by atoms with Crippen LogP contribution in [0.2, 0.25) is 5.02 Å². The number of rotatable bonds is 10. The van der Waals surface area contributed by atoms with Crippen molar-refractivity contribution in [1.29, 1.82) is 0 Å². The molecule has 168 valence electrons. The number of unbranched alkanes of at least 4 members (excludes halogenated alkanes) is 2. The maximum Gasteiger partial charge on any atom is 0.266 e. The van der Waals surface area contributed by atoms with Crippen molar-refractivity contribution in [1.82, 2.24) is 9.80 Å². The molecule has 32 heavy (non-hydrogen) atoms. The van der Waals surface area contributed by atoms with Crippen LogP contribution in [0, 0.1) is 0 Å². The van der Waals surface area contributed by atoms with E-state index in [4.69, 9.17) is 23.8 Å². The van der Waals surface area contributed by atoms with Gasteiger partial charge >= 0.3 is 0 Å². The van der Waals surface area contributed by atoms with Crippen molar-refractivity contribution < 1.29 is 9.59 Å². The van der Waals surface area contributed by atoms with Crippen LogP contribution in [0.1, 0.15) is 43.7 Å². The summed E-state index contributed by atoms with van der Waals surface area (Å²) in [5, 5.41) is 0.662. The Hall–Kier alpha value is -2.15. The molecule has 0 saturated carbocycles. The van der Waals surface area contributed by atoms with E-state index in [1.54, 1.807) is 17.0 Å². The van der Waals surface area contributed by atoms with Crippen LogP contribution in [0.15, 0.2) is 59.5 Å². The van der Waals surface area contributed by atoms with Gasteiger partial charge in [0.15, 0.2) is 0 Å². The second kappa shape index (κ2) is 12.2. The molecule has 2 aromatic carbocycles. The van der Waals surface area contributed by atoms with Crippen LogP contribution in [0.3, 0.4) is 0 Å². The maximum atomic E-state index is 12.7. The number of carbonyl (C=O) groups is 2. The molecule has 1 fully saturated rings. The van der Waals surface area contributed by atoms with Gasteiger partial charge in [0, 0.05) is 31.1 Å². The molecule has 0 bridgehead atoms. The fraction of sp³-hybridized carbons (Fsp3) is 0.320. The van der Waals surface area contributed by atoms with Gasteiger partial charge in [-0.3, -0.25) is 14.5 Å². The molecule has 2 aromatic rings. The maximum absolute atomic E-state index is 12.7. The molecular weight excluding hydrogens is 460 g/mol. The zero-order valence-corrected chi connectivity index (χ0v) is 20.5. The van der Waals surface area contributed by atoms with E-state index in [1.165, 1.54) is 11.8 Å². The Kier molecular flexibility index (Phi) is 9.33. The number of hydrogen-bond acceptors (Lipinski definition) is 4. The first-order valence-electron chi connectivity index (χ1n) is 10.8. The van der Waals surface area contributed by atoms with Crippen molar-refractivity contribution in [3.05, 3.63) is 75.7 Å². The summed E-state index contributed by atoms with van der Waals surface area (Å²) >= 11 is 12.7. The lowest BCUT2D eigenvalue weighted by atomic mass is 10.1. The van der Waals surface area contributed by atoms with Gasteiger partial charge in [-0.25, -0.2) is 0 Å². The van der Waals surface area contributed by atoms with Gasteiger partial charge in [-0.2, -0.15) is 0 Å². The molecule has 7 heteroatoms. The molecule has 2 amide bonds. The number of benzene rings is 2. The Bertz CT molecular complexity index is 977. The first kappa shape index (κ1) is 24.5. The van der Waals surface area contributed by atoms with Crippen LogP contribution >= 0.6 is 35.6 Å². The van der Waals surface area contributed by atoms with Crippen LogP contribution in [0.5, 0.6) is 0 Å². The van der Waals surface area contributed by atoms with E-state index in [9.17, 15) is 9.59 Å². The van der Waals surface area contributed by atoms with Gasteiger partial charge in [-0.15, -0.1) is 0 Å². The molecule has 0 N–H and O–H groups in total. The number of thiocarbonyl (C=S) groups is 1. The molecule has 1 saturated heterocycles. The highest BCUT2D eigenvalue weighted by Gasteiger charge is 2.31. The van der Waals surface area contributed by atoms with Crippen molar-refractivity contribution in [2.24, 2.45) is 0 Å². The van der Waals surface area contributed by atoms with Crippen molar-refractivity contribution in [2.75, 3.05) is 13.1 Å². The highest BCUT2D eigenvalue weighted by molar-refractivity contribution is 8.26. The number of amides is 2. The Morgan fingerprint density at radius 1 is 1.09 bits per heavy atom. The first-order valence-corrected chi connectivity index (χ1v) is 12.4. The third kappa shape index (κ3) is 6.92. The van der Waals surface area contributed by atoms with Gasteiger partial charge in [0.2, 0.25) is 5.91 Å². The van der Waals surface area contributed by atoms with E-state index < -0.39 is 0 Å². The van der Waals surface area contributed by atoms with Crippen LogP contribution in [-0.2, 0) is 16.1 Å². The Balaban J connectivity index is 1.42. The van der Waals surface area contributed by atoms with E-state index in [2.05, 4.69) is 0 Å². The average Bonchev–Trinajstić information content (AvgIpc) is 3.06. The molecule has 3 rings (SSSR count). The minimum absolute atomic E-state index is 0.0500. The summed E-state index contributed by atoms with van der Waals surface area (Å²) in [5.74, 6) is 0.124. The molecule has 0 spiro atoms. The third-order valence-electron chi connectivity index (χ3n) is 5.26. The summed E-state index contributed by atoms with van der Waals surface area (Å²) in [4.78, 5) is 29.5. The lowest BCUT2D eigenvalue weighted by Gasteiger charge is -2.21. The van der Waals surface area contributed by atoms with Gasteiger partial charge in [0.25, 0.3) is 5.91 Å². The summed E-state index contributed by atoms with van der Waals surface area (Å²) in [6.07, 6.45) is 4.87. The molecule has 1 aliphatic heterocycles. The quantitative estimate of drug-likeness (QED) is 0.229. The van der Waals surface area contributed by atoms with Crippen molar-refractivity contribution in [2.45, 2.75) is 39.2 Å². The minimum atomic E-state index is -0.0500. The van der Waals surface area contributed by atoms with Gasteiger partial charge in [-0.1, -0.05) is 84.5 Å². The summed E-state index contributed by atoms with van der Waals surface area (Å²) in [5.41, 5.74) is 2.06. The van der Waals surface area contributed by atoms with Gasteiger partial charge in [0.1, 0.15) is 4.32 Å². The first-order chi connectivity index (χ1) is 15.5. The topological polar surface area (TPSA) is 40.6 Å². The molecule has 1 heterocycles. The predicted molar refractivity (Wildman–Crippen MR) is 137 cm³/mol. The molecular formula is C25H27ClN2O2S2. The van der Waals surface area contributed by atoms with Crippen LogP contribution < -0.4 is 0 Å². The number of thioether (sulfide) groups is 1. The lowest BCUT2D eigenvalue weighted by Crippen LogP contribution is -2.30. The summed E-state index contributed by atoms with van der Waals surface area (Å²) < 4.78 is 0.589. The van der Waals surface area contributed by atoms with Gasteiger partial charge in [-0.05, 0) is 49.1 Å². The molecule has 0 unspecified atom stereocenters. The van der Waals surface area contributed by atoms with E-state index >= 15 is 0 Å². The Labute approximate surface area is 204 Å². The zero-order chi connectivity index (χ0) is 22.9. The van der Waals surface area contributed by atoms with E-state index in [0.29, 0.717) is 40.3 Å². The van der Waals surface area contributed by atoms with E-state index in [1.807, 2.05) is 60.4 Å². The highest BCUT2D eigenvalue weighted by atomic mass is 35.5. The molecule has 1 aliphatic rings. The third-order valence-corrected chi connectivity index (χ3v) is 6.89. The van der Waals surface area contributed by atoms with Crippen LogP contribution in [0.4, 0.5) is 0 Å². The fourth-order valence-corrected chi connectivity index (χ4v) is 4.90. The fourth-order valence-electron chi connectivity index (χ4n) is 3.46. The lowest BCUT2D eigenvalue weighted by molar-refractivity contribution is -0.131. The van der Waals surface area contributed by atoms with Gasteiger partial charge in [0.05, 0.1) is 4.91 Å². The monoisotopic (exact) mass is 486 g/mol. The standard InChI is InChI=1S/C25H27ClN2O2S2/c1-2-27(18-20-9-5-3-6-10-20)23(29)11-7-4-8-16-28-24(30)22(32-25(28)31)17-19-12-14-21(26)15-13-19/h3,5-6,9-10,12-15,17H,2,4,7-8,11,16,18H2,1H3/b22-17-. The van der Waals surface area contributed by atoms with Crippen molar-refractivity contribution in [3.63, 3.8) is 0 Å². The Morgan fingerprint density at radius 2 is 1.81 bits per heavy atom. The van der Waals surface area contributed by atoms with Crippen molar-refractivity contribution in [3.8, 4) is 0 Å². The second-order valence-electron chi connectivity index (χ2n) is 7.59. The normalized spacial score (nSPS) is 14.9. The van der Waals surface area contributed by atoms with E-state index in [-0.39, 0.29) is 11.8 Å². The van der Waals surface area contributed by atoms with Gasteiger partial charge < -0.3 is 4.90 Å². The SMILES string of the molecule is CCN(Cc1ccccc1)C(=O)CCCCCN1C(=O)/C(=C/c2ccc(Cl)cc2)SC1=S. The average molecular weight is 487 g/mol. The van der Waals surface area contributed by atoms with E-state index in [0.717, 1.165) is 30.4 Å². The Morgan fingerprint density at radius 3 is 2.50 bits per heavy atom. The predicted octanol–water partition coefficient (Wildman–Crippen LogP) is 6.15. The largest absolute Gasteiger partial charge is 0.339 e. The zero-order valence-electron chi connectivity index (χ0n) is 18.1. The molecule has 0 aromatic heterocycles. The highest BCUT2D eigenvalue weighted by Crippen LogP contribution is 2.33.